The fraction of sp³-hybridized carbons (Fsp3) is 0.500. The van der Waals surface area contributed by atoms with Crippen LogP contribution in [0.2, 0.25) is 0 Å². The van der Waals surface area contributed by atoms with Crippen molar-refractivity contribution in [1.29, 1.82) is 0 Å². The Labute approximate surface area is 145 Å². The van der Waals surface area contributed by atoms with Crippen molar-refractivity contribution in [1.82, 2.24) is 9.80 Å². The minimum absolute atomic E-state index is 0.0155. The summed E-state index contributed by atoms with van der Waals surface area (Å²) in [6, 6.07) is 4.68. The molecule has 4 amide bonds. The van der Waals surface area contributed by atoms with E-state index >= 15 is 0 Å². The van der Waals surface area contributed by atoms with Crippen molar-refractivity contribution in [3.8, 4) is 5.75 Å². The van der Waals surface area contributed by atoms with Gasteiger partial charge >= 0.3 is 17.8 Å². The van der Waals surface area contributed by atoms with Crippen LogP contribution in [0.1, 0.15) is 32.6 Å². The van der Waals surface area contributed by atoms with E-state index in [-0.39, 0.29) is 30.9 Å². The molecule has 1 aliphatic carbocycles. The monoisotopic (exact) mass is 348 g/mol. The summed E-state index contributed by atoms with van der Waals surface area (Å²) in [5.41, 5.74) is 0. The second-order valence-corrected chi connectivity index (χ2v) is 6.55. The molecule has 134 valence electrons. The standard InChI is InChI=1S/C18H21FN2O4/c1-12-4-2-3-5-15(12)21-17(23)16(22)20(18(21)24)10-11-25-14-8-6-13(19)7-9-14/h6-9,12,15H,2-5,10-11H2,1H3/t12-,15-/m1/s1. The molecule has 1 aliphatic heterocycles. The molecule has 25 heavy (non-hydrogen) atoms. The van der Waals surface area contributed by atoms with Crippen LogP contribution in [-0.2, 0) is 9.59 Å². The highest BCUT2D eigenvalue weighted by atomic mass is 19.1. The number of benzene rings is 1. The largest absolute Gasteiger partial charge is 0.492 e. The summed E-state index contributed by atoms with van der Waals surface area (Å²) in [7, 11) is 0. The number of carbonyl (C=O) groups is 3. The van der Waals surface area contributed by atoms with Crippen LogP contribution in [0.4, 0.5) is 9.18 Å². The Morgan fingerprint density at radius 3 is 2.44 bits per heavy atom. The van der Waals surface area contributed by atoms with Gasteiger partial charge in [0.1, 0.15) is 18.2 Å². The molecule has 3 rings (SSSR count). The molecule has 0 spiro atoms. The lowest BCUT2D eigenvalue weighted by Crippen LogP contribution is -2.46. The molecule has 1 aromatic rings. The average Bonchev–Trinajstić information content (AvgIpc) is 2.81. The van der Waals surface area contributed by atoms with Gasteiger partial charge in [-0.05, 0) is 43.0 Å². The maximum atomic E-state index is 12.9. The molecule has 0 radical (unpaired) electrons. The number of halogens is 1. The molecule has 0 bridgehead atoms. The smallest absolute Gasteiger partial charge is 0.334 e. The van der Waals surface area contributed by atoms with Crippen molar-refractivity contribution in [3.05, 3.63) is 30.1 Å². The molecular formula is C18H21FN2O4. The Morgan fingerprint density at radius 2 is 1.76 bits per heavy atom. The van der Waals surface area contributed by atoms with Gasteiger partial charge in [0.15, 0.2) is 0 Å². The number of urea groups is 1. The number of amides is 4. The topological polar surface area (TPSA) is 66.9 Å². The molecule has 7 heteroatoms. The van der Waals surface area contributed by atoms with E-state index in [0.29, 0.717) is 5.75 Å². The summed E-state index contributed by atoms with van der Waals surface area (Å²) in [6.45, 7) is 2.04. The Kier molecular flexibility index (Phi) is 5.01. The number of ether oxygens (including phenoxy) is 1. The van der Waals surface area contributed by atoms with E-state index in [4.69, 9.17) is 4.74 Å². The minimum atomic E-state index is -0.800. The fourth-order valence-electron chi connectivity index (χ4n) is 3.48. The first-order valence-corrected chi connectivity index (χ1v) is 8.56. The first kappa shape index (κ1) is 17.4. The zero-order valence-electron chi connectivity index (χ0n) is 14.1. The fourth-order valence-corrected chi connectivity index (χ4v) is 3.48. The SMILES string of the molecule is C[C@@H]1CCCC[C@H]1N1C(=O)C(=O)N(CCOc2ccc(F)cc2)C1=O. The molecule has 0 unspecified atom stereocenters. The van der Waals surface area contributed by atoms with Crippen LogP contribution < -0.4 is 4.74 Å². The van der Waals surface area contributed by atoms with E-state index < -0.39 is 17.8 Å². The normalized spacial score (nSPS) is 24.2. The molecule has 6 nitrogen and oxygen atoms in total. The molecule has 2 atom stereocenters. The maximum Gasteiger partial charge on any atom is 0.334 e. The molecule has 1 aromatic carbocycles. The molecule has 1 saturated heterocycles. The number of rotatable bonds is 5. The van der Waals surface area contributed by atoms with Crippen molar-refractivity contribution >= 4 is 17.8 Å². The molecule has 1 heterocycles. The summed E-state index contributed by atoms with van der Waals surface area (Å²) in [5.74, 6) is -1.29. The van der Waals surface area contributed by atoms with E-state index in [1.54, 1.807) is 0 Å². The Hall–Kier alpha value is -2.44. The third-order valence-corrected chi connectivity index (χ3v) is 4.88. The van der Waals surface area contributed by atoms with Gasteiger partial charge in [0, 0.05) is 6.04 Å². The van der Waals surface area contributed by atoms with Gasteiger partial charge in [0.25, 0.3) is 0 Å². The van der Waals surface area contributed by atoms with E-state index in [9.17, 15) is 18.8 Å². The van der Waals surface area contributed by atoms with Crippen molar-refractivity contribution in [2.45, 2.75) is 38.6 Å². The van der Waals surface area contributed by atoms with Gasteiger partial charge < -0.3 is 4.74 Å². The predicted octanol–water partition coefficient (Wildman–Crippen LogP) is 2.57. The summed E-state index contributed by atoms with van der Waals surface area (Å²) in [5, 5.41) is 0. The number of hydrogen-bond donors (Lipinski definition) is 0. The Bertz CT molecular complexity index is 676. The predicted molar refractivity (Wildman–Crippen MR) is 87.3 cm³/mol. The zero-order valence-corrected chi connectivity index (χ0v) is 14.1. The summed E-state index contributed by atoms with van der Waals surface area (Å²) in [6.07, 6.45) is 3.72. The van der Waals surface area contributed by atoms with E-state index in [2.05, 4.69) is 0 Å². The van der Waals surface area contributed by atoms with Crippen molar-refractivity contribution in [2.24, 2.45) is 5.92 Å². The average molecular weight is 348 g/mol. The number of imide groups is 2. The van der Waals surface area contributed by atoms with E-state index in [1.807, 2.05) is 6.92 Å². The number of hydrogen-bond acceptors (Lipinski definition) is 4. The van der Waals surface area contributed by atoms with E-state index in [1.165, 1.54) is 24.3 Å². The van der Waals surface area contributed by atoms with Crippen LogP contribution in [0.15, 0.2) is 24.3 Å². The Morgan fingerprint density at radius 1 is 1.08 bits per heavy atom. The number of nitrogens with zero attached hydrogens (tertiary/aromatic N) is 2. The van der Waals surface area contributed by atoms with Crippen molar-refractivity contribution in [3.63, 3.8) is 0 Å². The van der Waals surface area contributed by atoms with Crippen LogP contribution in [0, 0.1) is 11.7 Å². The van der Waals surface area contributed by atoms with Crippen LogP contribution >= 0.6 is 0 Å². The lowest BCUT2D eigenvalue weighted by molar-refractivity contribution is -0.144. The maximum absolute atomic E-state index is 12.9. The van der Waals surface area contributed by atoms with Gasteiger partial charge in [0.05, 0.1) is 6.54 Å². The van der Waals surface area contributed by atoms with E-state index in [0.717, 1.165) is 35.5 Å². The van der Waals surface area contributed by atoms with Crippen LogP contribution in [0.25, 0.3) is 0 Å². The molecule has 0 aromatic heterocycles. The van der Waals surface area contributed by atoms with Gasteiger partial charge in [-0.3, -0.25) is 19.4 Å². The second kappa shape index (κ2) is 7.21. The third-order valence-electron chi connectivity index (χ3n) is 4.88. The highest BCUT2D eigenvalue weighted by Gasteiger charge is 2.48. The highest BCUT2D eigenvalue weighted by molar-refractivity contribution is 6.44. The quantitative estimate of drug-likeness (QED) is 0.606. The molecule has 1 saturated carbocycles. The van der Waals surface area contributed by atoms with Crippen LogP contribution in [0.3, 0.4) is 0 Å². The van der Waals surface area contributed by atoms with Gasteiger partial charge in [-0.15, -0.1) is 0 Å². The lowest BCUT2D eigenvalue weighted by Gasteiger charge is -2.34. The van der Waals surface area contributed by atoms with Gasteiger partial charge in [-0.2, -0.15) is 0 Å². The van der Waals surface area contributed by atoms with Crippen LogP contribution in [0.5, 0.6) is 5.75 Å². The third kappa shape index (κ3) is 3.50. The molecule has 2 aliphatic rings. The summed E-state index contributed by atoms with van der Waals surface area (Å²) >= 11 is 0. The summed E-state index contributed by atoms with van der Waals surface area (Å²) in [4.78, 5) is 39.1. The van der Waals surface area contributed by atoms with Gasteiger partial charge in [-0.1, -0.05) is 19.8 Å². The first-order chi connectivity index (χ1) is 12.0. The van der Waals surface area contributed by atoms with Crippen molar-refractivity contribution in [2.75, 3.05) is 13.2 Å². The minimum Gasteiger partial charge on any atom is -0.492 e. The molecule has 2 fully saturated rings. The molecular weight excluding hydrogens is 327 g/mol. The van der Waals surface area contributed by atoms with Gasteiger partial charge in [-0.25, -0.2) is 9.18 Å². The number of carbonyl (C=O) groups excluding carboxylic acids is 3. The summed E-state index contributed by atoms with van der Waals surface area (Å²) < 4.78 is 18.3. The molecule has 0 N–H and O–H groups in total. The first-order valence-electron chi connectivity index (χ1n) is 8.56. The van der Waals surface area contributed by atoms with Crippen LogP contribution in [-0.4, -0.2) is 46.8 Å². The highest BCUT2D eigenvalue weighted by Crippen LogP contribution is 2.31. The van der Waals surface area contributed by atoms with Crippen molar-refractivity contribution < 1.29 is 23.5 Å². The lowest BCUT2D eigenvalue weighted by atomic mass is 9.85. The zero-order chi connectivity index (χ0) is 18.0. The van der Waals surface area contributed by atoms with Gasteiger partial charge in [0.2, 0.25) is 0 Å². The Balaban J connectivity index is 1.62. The second-order valence-electron chi connectivity index (χ2n) is 6.55.